The minimum absolute atomic E-state index is 0.0162. The van der Waals surface area contributed by atoms with E-state index in [4.69, 9.17) is 5.73 Å². The van der Waals surface area contributed by atoms with Crippen LogP contribution in [0.15, 0.2) is 0 Å². The van der Waals surface area contributed by atoms with Crippen LogP contribution in [0.25, 0.3) is 0 Å². The zero-order valence-electron chi connectivity index (χ0n) is 12.9. The Morgan fingerprint density at radius 3 is 2.30 bits per heavy atom. The molecular weight excluding hydrogens is 254 g/mol. The summed E-state index contributed by atoms with van der Waals surface area (Å²) in [6.07, 6.45) is 4.87. The molecule has 1 aliphatic rings. The Bertz CT molecular complexity index is 323. The molecule has 0 radical (unpaired) electrons. The molecule has 116 valence electrons. The number of hydrogen-bond donors (Lipinski definition) is 3. The molecule has 1 rings (SSSR count). The number of rotatable bonds is 6. The molecule has 20 heavy (non-hydrogen) atoms. The molecule has 4 N–H and O–H groups in total. The molecule has 0 aromatic rings. The fourth-order valence-corrected chi connectivity index (χ4v) is 2.44. The van der Waals surface area contributed by atoms with Crippen molar-refractivity contribution in [3.8, 4) is 0 Å². The van der Waals surface area contributed by atoms with Crippen molar-refractivity contribution >= 4 is 11.8 Å². The second-order valence-electron chi connectivity index (χ2n) is 6.42. The predicted molar refractivity (Wildman–Crippen MR) is 80.0 cm³/mol. The monoisotopic (exact) mass is 283 g/mol. The van der Waals surface area contributed by atoms with Gasteiger partial charge >= 0.3 is 0 Å². The van der Waals surface area contributed by atoms with Gasteiger partial charge in [0.1, 0.15) is 0 Å². The highest BCUT2D eigenvalue weighted by Crippen LogP contribution is 2.27. The van der Waals surface area contributed by atoms with E-state index in [1.807, 2.05) is 13.8 Å². The third-order valence-electron chi connectivity index (χ3n) is 4.17. The topological polar surface area (TPSA) is 84.2 Å². The van der Waals surface area contributed by atoms with Crippen LogP contribution < -0.4 is 16.4 Å². The van der Waals surface area contributed by atoms with Crippen molar-refractivity contribution in [1.82, 2.24) is 10.6 Å². The van der Waals surface area contributed by atoms with Crippen molar-refractivity contribution in [3.63, 3.8) is 0 Å². The first-order valence-corrected chi connectivity index (χ1v) is 7.70. The SMILES string of the molecule is CC1CCC(CNC(=O)CNC(=O)[C@@H](N)C(C)C)CC1. The highest BCUT2D eigenvalue weighted by molar-refractivity contribution is 5.87. The van der Waals surface area contributed by atoms with E-state index < -0.39 is 6.04 Å². The van der Waals surface area contributed by atoms with Crippen LogP contribution in [0.5, 0.6) is 0 Å². The van der Waals surface area contributed by atoms with Gasteiger partial charge in [0.25, 0.3) is 0 Å². The normalized spacial score (nSPS) is 24.2. The van der Waals surface area contributed by atoms with Gasteiger partial charge in [-0.25, -0.2) is 0 Å². The van der Waals surface area contributed by atoms with E-state index in [-0.39, 0.29) is 24.3 Å². The van der Waals surface area contributed by atoms with Crippen molar-refractivity contribution in [2.45, 2.75) is 52.5 Å². The van der Waals surface area contributed by atoms with Crippen LogP contribution in [0.1, 0.15) is 46.5 Å². The van der Waals surface area contributed by atoms with E-state index in [2.05, 4.69) is 17.6 Å². The van der Waals surface area contributed by atoms with E-state index in [0.717, 1.165) is 12.5 Å². The molecule has 1 aliphatic carbocycles. The van der Waals surface area contributed by atoms with Crippen LogP contribution in [-0.4, -0.2) is 30.9 Å². The maximum absolute atomic E-state index is 11.7. The average molecular weight is 283 g/mol. The van der Waals surface area contributed by atoms with Crippen LogP contribution in [0.2, 0.25) is 0 Å². The molecule has 0 aromatic carbocycles. The van der Waals surface area contributed by atoms with Gasteiger partial charge in [0.2, 0.25) is 11.8 Å². The quantitative estimate of drug-likeness (QED) is 0.680. The third-order valence-corrected chi connectivity index (χ3v) is 4.17. The number of hydrogen-bond acceptors (Lipinski definition) is 3. The van der Waals surface area contributed by atoms with Crippen LogP contribution in [-0.2, 0) is 9.59 Å². The lowest BCUT2D eigenvalue weighted by Crippen LogP contribution is -2.47. The summed E-state index contributed by atoms with van der Waals surface area (Å²) in [5.74, 6) is 1.08. The van der Waals surface area contributed by atoms with Crippen LogP contribution in [0.3, 0.4) is 0 Å². The summed E-state index contributed by atoms with van der Waals surface area (Å²) in [4.78, 5) is 23.3. The fraction of sp³-hybridized carbons (Fsp3) is 0.867. The van der Waals surface area contributed by atoms with Gasteiger partial charge in [-0.05, 0) is 30.6 Å². The Morgan fingerprint density at radius 1 is 1.15 bits per heavy atom. The summed E-state index contributed by atoms with van der Waals surface area (Å²) in [6, 6.07) is -0.553. The van der Waals surface area contributed by atoms with Crippen molar-refractivity contribution in [2.24, 2.45) is 23.5 Å². The van der Waals surface area contributed by atoms with E-state index >= 15 is 0 Å². The zero-order chi connectivity index (χ0) is 15.1. The minimum Gasteiger partial charge on any atom is -0.354 e. The van der Waals surface area contributed by atoms with Gasteiger partial charge in [-0.2, -0.15) is 0 Å². The van der Waals surface area contributed by atoms with Gasteiger partial charge in [-0.15, -0.1) is 0 Å². The standard InChI is InChI=1S/C15H29N3O2/c1-10(2)14(16)15(20)18-9-13(19)17-8-12-6-4-11(3)5-7-12/h10-12,14H,4-9,16H2,1-3H3,(H,17,19)(H,18,20)/t11?,12?,14-/m0/s1. The van der Waals surface area contributed by atoms with Crippen molar-refractivity contribution in [1.29, 1.82) is 0 Å². The van der Waals surface area contributed by atoms with Crippen molar-refractivity contribution in [3.05, 3.63) is 0 Å². The van der Waals surface area contributed by atoms with Crippen molar-refractivity contribution < 1.29 is 9.59 Å². The molecule has 0 spiro atoms. The second kappa shape index (κ2) is 8.25. The summed E-state index contributed by atoms with van der Waals surface area (Å²) in [5.41, 5.74) is 5.71. The van der Waals surface area contributed by atoms with Gasteiger partial charge in [0.05, 0.1) is 12.6 Å². The summed E-state index contributed by atoms with van der Waals surface area (Å²) in [5, 5.41) is 5.48. The van der Waals surface area contributed by atoms with Crippen LogP contribution in [0, 0.1) is 17.8 Å². The molecule has 2 amide bonds. The molecule has 1 saturated carbocycles. The van der Waals surface area contributed by atoms with Gasteiger partial charge in [0, 0.05) is 6.54 Å². The van der Waals surface area contributed by atoms with Crippen LogP contribution >= 0.6 is 0 Å². The lowest BCUT2D eigenvalue weighted by Gasteiger charge is -2.26. The number of amides is 2. The molecule has 5 heteroatoms. The molecular formula is C15H29N3O2. The second-order valence-corrected chi connectivity index (χ2v) is 6.42. The highest BCUT2D eigenvalue weighted by atomic mass is 16.2. The van der Waals surface area contributed by atoms with E-state index in [1.54, 1.807) is 0 Å². The molecule has 0 bridgehead atoms. The summed E-state index contributed by atoms with van der Waals surface area (Å²) in [7, 11) is 0. The highest BCUT2D eigenvalue weighted by Gasteiger charge is 2.20. The number of nitrogens with two attached hydrogens (primary N) is 1. The Labute approximate surface area is 122 Å². The minimum atomic E-state index is -0.553. The molecule has 1 atom stereocenters. The van der Waals surface area contributed by atoms with E-state index in [9.17, 15) is 9.59 Å². The number of carbonyl (C=O) groups excluding carboxylic acids is 2. The predicted octanol–water partition coefficient (Wildman–Crippen LogP) is 1.03. The Morgan fingerprint density at radius 2 is 1.75 bits per heavy atom. The smallest absolute Gasteiger partial charge is 0.239 e. The molecule has 0 aliphatic heterocycles. The van der Waals surface area contributed by atoms with Gasteiger partial charge in [-0.1, -0.05) is 33.6 Å². The molecule has 0 saturated heterocycles. The third kappa shape index (κ3) is 5.90. The Kier molecular flexibility index (Phi) is 6.99. The van der Waals surface area contributed by atoms with Gasteiger partial charge in [0.15, 0.2) is 0 Å². The molecule has 0 heterocycles. The summed E-state index contributed by atoms with van der Waals surface area (Å²) >= 11 is 0. The number of carbonyl (C=O) groups is 2. The number of nitrogens with one attached hydrogen (secondary N) is 2. The molecule has 0 aromatic heterocycles. The largest absolute Gasteiger partial charge is 0.354 e. The summed E-state index contributed by atoms with van der Waals surface area (Å²) < 4.78 is 0. The lowest BCUT2D eigenvalue weighted by atomic mass is 9.83. The maximum atomic E-state index is 11.7. The first-order valence-electron chi connectivity index (χ1n) is 7.70. The lowest BCUT2D eigenvalue weighted by molar-refractivity contribution is -0.127. The van der Waals surface area contributed by atoms with E-state index in [0.29, 0.717) is 5.92 Å². The maximum Gasteiger partial charge on any atom is 0.239 e. The molecule has 0 unspecified atom stereocenters. The average Bonchev–Trinajstić information content (AvgIpc) is 2.43. The van der Waals surface area contributed by atoms with E-state index in [1.165, 1.54) is 25.7 Å². The Hall–Kier alpha value is -1.10. The zero-order valence-corrected chi connectivity index (χ0v) is 12.9. The van der Waals surface area contributed by atoms with Crippen molar-refractivity contribution in [2.75, 3.05) is 13.1 Å². The Balaban J connectivity index is 2.16. The van der Waals surface area contributed by atoms with Crippen LogP contribution in [0.4, 0.5) is 0 Å². The molecule has 5 nitrogen and oxygen atoms in total. The van der Waals surface area contributed by atoms with Gasteiger partial charge in [-0.3, -0.25) is 9.59 Å². The van der Waals surface area contributed by atoms with Gasteiger partial charge < -0.3 is 16.4 Å². The first-order chi connectivity index (χ1) is 9.40. The fourth-order valence-electron chi connectivity index (χ4n) is 2.44. The molecule has 1 fully saturated rings. The summed E-state index contributed by atoms with van der Waals surface area (Å²) in [6.45, 7) is 6.78. The first kappa shape index (κ1) is 17.0.